The van der Waals surface area contributed by atoms with E-state index in [9.17, 15) is 10.1 Å². The molecule has 3 aromatic rings. The fourth-order valence-corrected chi connectivity index (χ4v) is 4.06. The minimum absolute atomic E-state index is 0.104. The molecule has 0 aliphatic carbocycles. The number of ether oxygens (including phenoxy) is 1. The van der Waals surface area contributed by atoms with E-state index in [0.717, 1.165) is 42.4 Å². The van der Waals surface area contributed by atoms with Gasteiger partial charge in [0.05, 0.1) is 7.11 Å². The van der Waals surface area contributed by atoms with Crippen LogP contribution in [-0.4, -0.2) is 24.8 Å². The van der Waals surface area contributed by atoms with Gasteiger partial charge in [-0.1, -0.05) is 30.3 Å². The number of methoxy groups -OCH3 is 1. The van der Waals surface area contributed by atoms with Gasteiger partial charge in [-0.15, -0.1) is 0 Å². The topological polar surface area (TPSA) is 67.0 Å². The predicted octanol–water partition coefficient (Wildman–Crippen LogP) is 3.55. The van der Waals surface area contributed by atoms with E-state index in [2.05, 4.69) is 11.4 Å². The molecule has 2 heterocycles. The lowest BCUT2D eigenvalue weighted by molar-refractivity contribution is 0.329. The third-order valence-electron chi connectivity index (χ3n) is 5.55. The molecule has 142 valence electrons. The summed E-state index contributed by atoms with van der Waals surface area (Å²) < 4.78 is 7.07. The van der Waals surface area contributed by atoms with Crippen molar-refractivity contribution in [2.24, 2.45) is 5.92 Å². The van der Waals surface area contributed by atoms with Crippen molar-refractivity contribution in [2.45, 2.75) is 19.4 Å². The Hall–Kier alpha value is -3.10. The molecule has 0 unspecified atom stereocenters. The Balaban J connectivity index is 2.00. The third-order valence-corrected chi connectivity index (χ3v) is 5.55. The molecule has 0 atom stereocenters. The average Bonchev–Trinajstić information content (AvgIpc) is 2.76. The zero-order valence-electron chi connectivity index (χ0n) is 15.9. The minimum Gasteiger partial charge on any atom is -0.497 e. The lowest BCUT2D eigenvalue weighted by Gasteiger charge is -2.25. The van der Waals surface area contributed by atoms with Gasteiger partial charge in [-0.05, 0) is 55.6 Å². The van der Waals surface area contributed by atoms with Crippen LogP contribution in [0.25, 0.3) is 21.9 Å². The van der Waals surface area contributed by atoms with Crippen molar-refractivity contribution in [3.63, 3.8) is 0 Å². The molecule has 4 rings (SSSR count). The Morgan fingerprint density at radius 1 is 1.14 bits per heavy atom. The van der Waals surface area contributed by atoms with Gasteiger partial charge in [0, 0.05) is 22.9 Å². The number of hydrogen-bond donors (Lipinski definition) is 1. The van der Waals surface area contributed by atoms with E-state index < -0.39 is 0 Å². The van der Waals surface area contributed by atoms with Crippen molar-refractivity contribution in [3.8, 4) is 22.9 Å². The number of hydrogen-bond acceptors (Lipinski definition) is 4. The van der Waals surface area contributed by atoms with Crippen molar-refractivity contribution in [3.05, 3.63) is 64.6 Å². The summed E-state index contributed by atoms with van der Waals surface area (Å²) in [5.41, 5.74) is 2.05. The Labute approximate surface area is 164 Å². The molecular formula is C23H23N3O2. The number of nitriles is 1. The summed E-state index contributed by atoms with van der Waals surface area (Å²) in [5, 5.41) is 14.8. The SMILES string of the molecule is COc1ccc2c(=O)n(CC3CCNCC3)c(C#N)c(-c3ccccc3)c2c1. The molecule has 0 amide bonds. The fourth-order valence-electron chi connectivity index (χ4n) is 4.06. The van der Waals surface area contributed by atoms with Gasteiger partial charge in [0.1, 0.15) is 17.5 Å². The molecule has 1 aliphatic rings. The van der Waals surface area contributed by atoms with Crippen LogP contribution in [0.15, 0.2) is 53.3 Å². The van der Waals surface area contributed by atoms with Crippen LogP contribution in [0.5, 0.6) is 5.75 Å². The molecule has 28 heavy (non-hydrogen) atoms. The monoisotopic (exact) mass is 373 g/mol. The standard InChI is InChI=1S/C23H23N3O2/c1-28-18-7-8-19-20(13-18)22(17-5-3-2-4-6-17)21(14-24)26(23(19)27)15-16-9-11-25-12-10-16/h2-8,13,16,25H,9-12,15H2,1H3. The van der Waals surface area contributed by atoms with E-state index in [-0.39, 0.29) is 5.56 Å². The summed E-state index contributed by atoms with van der Waals surface area (Å²) in [4.78, 5) is 13.3. The van der Waals surface area contributed by atoms with Gasteiger partial charge in [-0.3, -0.25) is 9.36 Å². The van der Waals surface area contributed by atoms with Gasteiger partial charge in [-0.25, -0.2) is 0 Å². The number of piperidine rings is 1. The Bertz CT molecular complexity index is 1090. The average molecular weight is 373 g/mol. The second-order valence-electron chi connectivity index (χ2n) is 7.22. The maximum Gasteiger partial charge on any atom is 0.259 e. The zero-order chi connectivity index (χ0) is 19.5. The smallest absolute Gasteiger partial charge is 0.259 e. The lowest BCUT2D eigenvalue weighted by Crippen LogP contribution is -2.33. The summed E-state index contributed by atoms with van der Waals surface area (Å²) in [7, 11) is 1.60. The van der Waals surface area contributed by atoms with Crippen molar-refractivity contribution in [1.29, 1.82) is 5.26 Å². The van der Waals surface area contributed by atoms with Crippen LogP contribution < -0.4 is 15.6 Å². The molecule has 1 N–H and O–H groups in total. The van der Waals surface area contributed by atoms with Gasteiger partial charge in [0.2, 0.25) is 0 Å². The van der Waals surface area contributed by atoms with Crippen molar-refractivity contribution in [1.82, 2.24) is 9.88 Å². The van der Waals surface area contributed by atoms with Crippen molar-refractivity contribution in [2.75, 3.05) is 20.2 Å². The predicted molar refractivity (Wildman–Crippen MR) is 111 cm³/mol. The van der Waals surface area contributed by atoms with Crippen LogP contribution >= 0.6 is 0 Å². The van der Waals surface area contributed by atoms with Gasteiger partial charge in [-0.2, -0.15) is 5.26 Å². The van der Waals surface area contributed by atoms with Crippen molar-refractivity contribution >= 4 is 10.8 Å². The second kappa shape index (κ2) is 7.87. The third kappa shape index (κ3) is 3.28. The molecule has 0 saturated carbocycles. The highest BCUT2D eigenvalue weighted by molar-refractivity contribution is 5.99. The van der Waals surface area contributed by atoms with E-state index in [1.165, 1.54) is 0 Å². The van der Waals surface area contributed by atoms with E-state index in [4.69, 9.17) is 4.74 Å². The van der Waals surface area contributed by atoms with E-state index in [1.54, 1.807) is 17.7 Å². The minimum atomic E-state index is -0.104. The maximum absolute atomic E-state index is 13.3. The summed E-state index contributed by atoms with van der Waals surface area (Å²) in [6.45, 7) is 2.49. The molecule has 2 aromatic carbocycles. The second-order valence-corrected chi connectivity index (χ2v) is 7.22. The Morgan fingerprint density at radius 3 is 2.57 bits per heavy atom. The number of pyridine rings is 1. The molecule has 1 fully saturated rings. The highest BCUT2D eigenvalue weighted by Crippen LogP contribution is 2.33. The summed E-state index contributed by atoms with van der Waals surface area (Å²) in [6.07, 6.45) is 2.03. The van der Waals surface area contributed by atoms with Crippen molar-refractivity contribution < 1.29 is 4.74 Å². The van der Waals surface area contributed by atoms with Crippen LogP contribution in [0.4, 0.5) is 0 Å². The Morgan fingerprint density at radius 2 is 1.89 bits per heavy atom. The van der Waals surface area contributed by atoms with E-state index in [0.29, 0.717) is 29.3 Å². The van der Waals surface area contributed by atoms with Crippen LogP contribution in [-0.2, 0) is 6.54 Å². The van der Waals surface area contributed by atoms with Gasteiger partial charge >= 0.3 is 0 Å². The quantitative estimate of drug-likeness (QED) is 0.759. The highest BCUT2D eigenvalue weighted by Gasteiger charge is 2.22. The Kier molecular flexibility index (Phi) is 5.14. The molecule has 1 aromatic heterocycles. The van der Waals surface area contributed by atoms with Crippen LogP contribution in [0.2, 0.25) is 0 Å². The lowest BCUT2D eigenvalue weighted by atomic mass is 9.94. The largest absolute Gasteiger partial charge is 0.497 e. The van der Waals surface area contributed by atoms with Gasteiger partial charge < -0.3 is 10.1 Å². The number of nitrogens with one attached hydrogen (secondary N) is 1. The zero-order valence-corrected chi connectivity index (χ0v) is 15.9. The first-order chi connectivity index (χ1) is 13.7. The molecule has 5 heteroatoms. The number of benzene rings is 2. The van der Waals surface area contributed by atoms with Crippen LogP contribution in [0.3, 0.4) is 0 Å². The van der Waals surface area contributed by atoms with Crippen LogP contribution in [0.1, 0.15) is 18.5 Å². The molecular weight excluding hydrogens is 350 g/mol. The van der Waals surface area contributed by atoms with E-state index in [1.807, 2.05) is 42.5 Å². The van der Waals surface area contributed by atoms with Crippen LogP contribution in [0, 0.1) is 17.2 Å². The number of nitrogens with zero attached hydrogens (tertiary/aromatic N) is 2. The summed E-state index contributed by atoms with van der Waals surface area (Å²) in [5.74, 6) is 1.06. The molecule has 1 saturated heterocycles. The molecule has 5 nitrogen and oxygen atoms in total. The number of fused-ring (bicyclic) bond motifs is 1. The molecule has 0 radical (unpaired) electrons. The first-order valence-electron chi connectivity index (χ1n) is 9.63. The summed E-state index contributed by atoms with van der Waals surface area (Å²) in [6, 6.07) is 17.6. The van der Waals surface area contributed by atoms with Gasteiger partial charge in [0.15, 0.2) is 0 Å². The number of rotatable bonds is 4. The summed E-state index contributed by atoms with van der Waals surface area (Å²) >= 11 is 0. The maximum atomic E-state index is 13.3. The normalized spacial score (nSPS) is 14.7. The number of aromatic nitrogens is 1. The van der Waals surface area contributed by atoms with Gasteiger partial charge in [0.25, 0.3) is 5.56 Å². The van der Waals surface area contributed by atoms with E-state index >= 15 is 0 Å². The first-order valence-corrected chi connectivity index (χ1v) is 9.63. The fraction of sp³-hybridized carbons (Fsp3) is 0.304. The molecule has 0 spiro atoms. The highest BCUT2D eigenvalue weighted by atomic mass is 16.5. The molecule has 1 aliphatic heterocycles. The first kappa shape index (κ1) is 18.3. The molecule has 0 bridgehead atoms.